The summed E-state index contributed by atoms with van der Waals surface area (Å²) in [5.74, 6) is -0.0434. The molecular weight excluding hydrogens is 384 g/mol. The van der Waals surface area contributed by atoms with Crippen LogP contribution in [0.25, 0.3) is 5.69 Å². The van der Waals surface area contributed by atoms with Gasteiger partial charge in [-0.15, -0.1) is 5.10 Å². The fourth-order valence-electron chi connectivity index (χ4n) is 2.82. The van der Waals surface area contributed by atoms with E-state index >= 15 is 0 Å². The van der Waals surface area contributed by atoms with Gasteiger partial charge < -0.3 is 0 Å². The molecule has 0 fully saturated rings. The molecule has 0 spiro atoms. The number of hydrogen-bond acceptors (Lipinski definition) is 6. The highest BCUT2D eigenvalue weighted by Crippen LogP contribution is 2.21. The van der Waals surface area contributed by atoms with Gasteiger partial charge in [-0.25, -0.2) is 0 Å². The molecule has 148 valence electrons. The quantitative estimate of drug-likeness (QED) is 0.398. The van der Waals surface area contributed by atoms with Crippen molar-refractivity contribution < 1.29 is 4.79 Å². The summed E-state index contributed by atoms with van der Waals surface area (Å²) in [7, 11) is 0. The number of nitrogens with zero attached hydrogens (tertiary/aromatic N) is 6. The van der Waals surface area contributed by atoms with E-state index < -0.39 is 0 Å². The summed E-state index contributed by atoms with van der Waals surface area (Å²) >= 11 is 1.25. The zero-order valence-corrected chi connectivity index (χ0v) is 17.0. The summed E-state index contributed by atoms with van der Waals surface area (Å²) in [5.41, 5.74) is 2.83. The predicted molar refractivity (Wildman–Crippen MR) is 113 cm³/mol. The summed E-state index contributed by atoms with van der Waals surface area (Å²) < 4.78 is 1.62. The number of tetrazole rings is 1. The Balaban J connectivity index is 1.68. The van der Waals surface area contributed by atoms with Gasteiger partial charge in [-0.05, 0) is 53.1 Å². The molecule has 1 amide bonds. The number of hydrogen-bond donors (Lipinski definition) is 0. The summed E-state index contributed by atoms with van der Waals surface area (Å²) in [6.07, 6.45) is 3.38. The van der Waals surface area contributed by atoms with Crippen molar-refractivity contribution in [2.24, 2.45) is 0 Å². The molecule has 7 nitrogen and oxygen atoms in total. The SMILES string of the molecule is CCCCc1ccc(-n2nnnc2SCC(=O)N(CC#N)c2ccccc2)cc1. The third-order valence-corrected chi connectivity index (χ3v) is 5.27. The molecule has 3 rings (SSSR count). The molecule has 0 saturated heterocycles. The smallest absolute Gasteiger partial charge is 0.238 e. The summed E-state index contributed by atoms with van der Waals surface area (Å²) in [6, 6.07) is 19.3. The standard InChI is InChI=1S/C21H22N6OS/c1-2-3-7-17-10-12-19(13-11-17)27-21(23-24-25-27)29-16-20(28)26(15-14-22)18-8-5-4-6-9-18/h4-6,8-13H,2-3,7,15-16H2,1H3. The minimum atomic E-state index is -0.174. The molecular formula is C21H22N6OS. The molecule has 0 bridgehead atoms. The van der Waals surface area contributed by atoms with Crippen molar-refractivity contribution >= 4 is 23.4 Å². The normalized spacial score (nSPS) is 10.5. The van der Waals surface area contributed by atoms with Crippen molar-refractivity contribution in [1.82, 2.24) is 20.2 Å². The molecule has 3 aromatic rings. The summed E-state index contributed by atoms with van der Waals surface area (Å²) in [6.45, 7) is 2.17. The second-order valence-electron chi connectivity index (χ2n) is 6.41. The Morgan fingerprint density at radius 2 is 1.93 bits per heavy atom. The number of benzene rings is 2. The van der Waals surface area contributed by atoms with Gasteiger partial charge in [-0.2, -0.15) is 9.94 Å². The fourth-order valence-corrected chi connectivity index (χ4v) is 3.59. The highest BCUT2D eigenvalue weighted by Gasteiger charge is 2.18. The van der Waals surface area contributed by atoms with Crippen LogP contribution < -0.4 is 4.90 Å². The Hall–Kier alpha value is -3.18. The Morgan fingerprint density at radius 1 is 1.17 bits per heavy atom. The van der Waals surface area contributed by atoms with Crippen LogP contribution in [0.5, 0.6) is 0 Å². The maximum atomic E-state index is 12.7. The second kappa shape index (κ2) is 10.4. The molecule has 0 saturated carbocycles. The van der Waals surface area contributed by atoms with E-state index in [-0.39, 0.29) is 18.2 Å². The van der Waals surface area contributed by atoms with Crippen LogP contribution in [0, 0.1) is 11.3 Å². The van der Waals surface area contributed by atoms with E-state index in [2.05, 4.69) is 34.6 Å². The number of unbranched alkanes of at least 4 members (excludes halogenated alkanes) is 1. The highest BCUT2D eigenvalue weighted by molar-refractivity contribution is 7.99. The van der Waals surface area contributed by atoms with Crippen LogP contribution in [0.2, 0.25) is 0 Å². The van der Waals surface area contributed by atoms with Crippen molar-refractivity contribution in [1.29, 1.82) is 5.26 Å². The van der Waals surface area contributed by atoms with Crippen LogP contribution in [-0.2, 0) is 11.2 Å². The van der Waals surface area contributed by atoms with Gasteiger partial charge in [-0.1, -0.05) is 55.4 Å². The Morgan fingerprint density at radius 3 is 2.62 bits per heavy atom. The molecule has 2 aromatic carbocycles. The number of thioether (sulfide) groups is 1. The number of carbonyl (C=O) groups is 1. The van der Waals surface area contributed by atoms with Gasteiger partial charge in [0.1, 0.15) is 6.54 Å². The number of para-hydroxylation sites is 1. The van der Waals surface area contributed by atoms with Crippen molar-refractivity contribution in [2.75, 3.05) is 17.2 Å². The number of aryl methyl sites for hydroxylation is 1. The van der Waals surface area contributed by atoms with Gasteiger partial charge >= 0.3 is 0 Å². The Bertz CT molecular complexity index is 965. The molecule has 0 unspecified atom stereocenters. The van der Waals surface area contributed by atoms with Crippen molar-refractivity contribution in [2.45, 2.75) is 31.3 Å². The second-order valence-corrected chi connectivity index (χ2v) is 7.35. The van der Waals surface area contributed by atoms with Crippen LogP contribution in [0.15, 0.2) is 59.8 Å². The zero-order valence-electron chi connectivity index (χ0n) is 16.2. The van der Waals surface area contributed by atoms with E-state index in [0.717, 1.165) is 24.9 Å². The number of anilines is 1. The molecule has 0 aliphatic heterocycles. The molecule has 1 heterocycles. The first-order valence-corrected chi connectivity index (χ1v) is 10.4. The molecule has 0 N–H and O–H groups in total. The van der Waals surface area contributed by atoms with Crippen LogP contribution in [-0.4, -0.2) is 38.4 Å². The largest absolute Gasteiger partial charge is 0.298 e. The number of nitriles is 1. The predicted octanol–water partition coefficient (Wildman–Crippen LogP) is 3.65. The lowest BCUT2D eigenvalue weighted by Gasteiger charge is -2.19. The van der Waals surface area contributed by atoms with Gasteiger partial charge in [0.25, 0.3) is 0 Å². The maximum absolute atomic E-state index is 12.7. The van der Waals surface area contributed by atoms with Crippen molar-refractivity contribution in [3.8, 4) is 11.8 Å². The van der Waals surface area contributed by atoms with Crippen LogP contribution >= 0.6 is 11.8 Å². The topological polar surface area (TPSA) is 87.7 Å². The third-order valence-electron chi connectivity index (χ3n) is 4.36. The van der Waals surface area contributed by atoms with E-state index in [1.807, 2.05) is 48.5 Å². The van der Waals surface area contributed by atoms with Gasteiger partial charge in [0.05, 0.1) is 17.5 Å². The average molecular weight is 407 g/mol. The molecule has 8 heteroatoms. The number of amides is 1. The van der Waals surface area contributed by atoms with Gasteiger partial charge in [0.15, 0.2) is 0 Å². The van der Waals surface area contributed by atoms with Gasteiger partial charge in [-0.3, -0.25) is 9.69 Å². The van der Waals surface area contributed by atoms with Crippen molar-refractivity contribution in [3.63, 3.8) is 0 Å². The molecule has 29 heavy (non-hydrogen) atoms. The van der Waals surface area contributed by atoms with Crippen LogP contribution in [0.4, 0.5) is 5.69 Å². The molecule has 1 aromatic heterocycles. The molecule has 0 radical (unpaired) electrons. The van der Waals surface area contributed by atoms with Gasteiger partial charge in [0, 0.05) is 5.69 Å². The number of aromatic nitrogens is 4. The lowest BCUT2D eigenvalue weighted by Crippen LogP contribution is -2.32. The average Bonchev–Trinajstić information content (AvgIpc) is 3.24. The van der Waals surface area contributed by atoms with Crippen molar-refractivity contribution in [3.05, 3.63) is 60.2 Å². The molecule has 0 aliphatic rings. The first kappa shape index (κ1) is 20.6. The van der Waals surface area contributed by atoms with Gasteiger partial charge in [0.2, 0.25) is 11.1 Å². The van der Waals surface area contributed by atoms with E-state index in [9.17, 15) is 4.79 Å². The van der Waals surface area contributed by atoms with E-state index in [0.29, 0.717) is 10.8 Å². The lowest BCUT2D eigenvalue weighted by atomic mass is 10.1. The molecule has 0 aliphatic carbocycles. The van der Waals surface area contributed by atoms with Crippen LogP contribution in [0.3, 0.4) is 0 Å². The Labute approximate surface area is 174 Å². The lowest BCUT2D eigenvalue weighted by molar-refractivity contribution is -0.116. The highest BCUT2D eigenvalue weighted by atomic mass is 32.2. The van der Waals surface area contributed by atoms with Crippen LogP contribution in [0.1, 0.15) is 25.3 Å². The first-order valence-electron chi connectivity index (χ1n) is 9.45. The number of carbonyl (C=O) groups excluding carboxylic acids is 1. The van der Waals surface area contributed by atoms with E-state index in [1.165, 1.54) is 22.2 Å². The monoisotopic (exact) mass is 406 g/mol. The van der Waals surface area contributed by atoms with E-state index in [4.69, 9.17) is 5.26 Å². The minimum Gasteiger partial charge on any atom is -0.298 e. The minimum absolute atomic E-state index is 0.00638. The molecule has 0 atom stereocenters. The Kier molecular flexibility index (Phi) is 7.36. The fraction of sp³-hybridized carbons (Fsp3) is 0.286. The number of rotatable bonds is 9. The van der Waals surface area contributed by atoms with E-state index in [1.54, 1.807) is 4.68 Å². The summed E-state index contributed by atoms with van der Waals surface area (Å²) in [5, 5.41) is 21.5. The first-order chi connectivity index (χ1) is 14.2. The third kappa shape index (κ3) is 5.42. The maximum Gasteiger partial charge on any atom is 0.238 e. The summed E-state index contributed by atoms with van der Waals surface area (Å²) in [4.78, 5) is 14.2. The zero-order chi connectivity index (χ0) is 20.5.